The van der Waals surface area contributed by atoms with E-state index in [0.29, 0.717) is 23.0 Å². The van der Waals surface area contributed by atoms with E-state index >= 15 is 0 Å². The summed E-state index contributed by atoms with van der Waals surface area (Å²) in [6.07, 6.45) is -5.15. The van der Waals surface area contributed by atoms with Crippen molar-refractivity contribution < 1.29 is 13.2 Å². The molecule has 0 radical (unpaired) electrons. The molecule has 0 aliphatic rings. The molecule has 0 aromatic carbocycles. The molecule has 0 spiro atoms. The minimum Gasteiger partial charge on any atom is -0.367 e. The van der Waals surface area contributed by atoms with Crippen LogP contribution in [0.2, 0.25) is 0 Å². The predicted octanol–water partition coefficient (Wildman–Crippen LogP) is 2.95. The normalized spacial score (nSPS) is 13.4. The molecule has 0 saturated carbocycles. The summed E-state index contributed by atoms with van der Waals surface area (Å²) in [5.41, 5.74) is 3.03. The lowest BCUT2D eigenvalue weighted by atomic mass is 10.2. The zero-order valence-corrected chi connectivity index (χ0v) is 12.0. The number of anilines is 2. The molecule has 5 nitrogen and oxygen atoms in total. The van der Waals surface area contributed by atoms with Gasteiger partial charge in [0.05, 0.1) is 6.42 Å². The predicted molar refractivity (Wildman–Crippen MR) is 72.4 cm³/mol. The van der Waals surface area contributed by atoms with E-state index in [1.807, 2.05) is 13.8 Å². The number of hydrogen-bond acceptors (Lipinski definition) is 5. The third-order valence-electron chi connectivity index (χ3n) is 2.74. The van der Waals surface area contributed by atoms with Crippen LogP contribution in [-0.2, 0) is 0 Å². The molecular weight excluding hydrogens is 271 g/mol. The monoisotopic (exact) mass is 291 g/mol. The molecule has 4 N–H and O–H groups in total. The van der Waals surface area contributed by atoms with Crippen molar-refractivity contribution in [3.05, 3.63) is 11.4 Å². The number of rotatable bonds is 5. The molecule has 1 heterocycles. The van der Waals surface area contributed by atoms with E-state index in [1.165, 1.54) is 6.92 Å². The number of alkyl halides is 3. The molecule has 1 unspecified atom stereocenters. The van der Waals surface area contributed by atoms with Gasteiger partial charge in [0.2, 0.25) is 0 Å². The first-order valence-corrected chi connectivity index (χ1v) is 6.32. The first kappa shape index (κ1) is 16.5. The second kappa shape index (κ2) is 6.25. The molecule has 8 heteroatoms. The largest absolute Gasteiger partial charge is 0.391 e. The van der Waals surface area contributed by atoms with E-state index in [9.17, 15) is 13.2 Å². The highest BCUT2D eigenvalue weighted by molar-refractivity contribution is 5.57. The zero-order chi connectivity index (χ0) is 15.5. The topological polar surface area (TPSA) is 75.9 Å². The van der Waals surface area contributed by atoms with Crippen molar-refractivity contribution in [3.8, 4) is 0 Å². The number of aromatic nitrogens is 2. The summed E-state index contributed by atoms with van der Waals surface area (Å²) in [5.74, 6) is 6.71. The Balaban J connectivity index is 3.01. The maximum absolute atomic E-state index is 12.4. The van der Waals surface area contributed by atoms with Gasteiger partial charge in [-0.1, -0.05) is 13.8 Å². The molecule has 1 rings (SSSR count). The lowest BCUT2D eigenvalue weighted by molar-refractivity contribution is -0.136. The molecule has 0 aliphatic carbocycles. The standard InChI is InChI=1S/C12H20F3N5/c1-6(2)9-18-10(8(4)11(19-9)20-16)17-7(3)5-12(13,14)15/h6-7H,5,16H2,1-4H3,(H2,17,18,19,20). The fourth-order valence-corrected chi connectivity index (χ4v) is 1.70. The van der Waals surface area contributed by atoms with Crippen molar-refractivity contribution in [3.63, 3.8) is 0 Å². The first-order valence-electron chi connectivity index (χ1n) is 6.32. The SMILES string of the molecule is Cc1c(NN)nc(C(C)C)nc1NC(C)CC(F)(F)F. The number of nitrogens with zero attached hydrogens (tertiary/aromatic N) is 2. The highest BCUT2D eigenvalue weighted by atomic mass is 19.4. The molecule has 114 valence electrons. The zero-order valence-electron chi connectivity index (χ0n) is 12.0. The van der Waals surface area contributed by atoms with Crippen LogP contribution in [-0.4, -0.2) is 22.2 Å². The number of hydrogen-bond donors (Lipinski definition) is 3. The van der Waals surface area contributed by atoms with E-state index < -0.39 is 18.6 Å². The highest BCUT2D eigenvalue weighted by Crippen LogP contribution is 2.26. The van der Waals surface area contributed by atoms with Gasteiger partial charge in [-0.2, -0.15) is 13.2 Å². The Morgan fingerprint density at radius 1 is 1.15 bits per heavy atom. The van der Waals surface area contributed by atoms with E-state index in [-0.39, 0.29) is 5.92 Å². The Labute approximate surface area is 116 Å². The maximum Gasteiger partial charge on any atom is 0.391 e. The van der Waals surface area contributed by atoms with Crippen LogP contribution in [0.25, 0.3) is 0 Å². The molecule has 1 aromatic heterocycles. The molecule has 20 heavy (non-hydrogen) atoms. The number of nitrogens with one attached hydrogen (secondary N) is 2. The van der Waals surface area contributed by atoms with Crippen molar-refractivity contribution in [1.29, 1.82) is 0 Å². The second-order valence-corrected chi connectivity index (χ2v) is 5.07. The van der Waals surface area contributed by atoms with Crippen LogP contribution in [0.4, 0.5) is 24.8 Å². The van der Waals surface area contributed by atoms with Gasteiger partial charge in [0.15, 0.2) is 0 Å². The summed E-state index contributed by atoms with van der Waals surface area (Å²) in [6.45, 7) is 6.95. The minimum atomic E-state index is -4.22. The Bertz CT molecular complexity index is 459. The van der Waals surface area contributed by atoms with Gasteiger partial charge in [-0.05, 0) is 13.8 Å². The smallest absolute Gasteiger partial charge is 0.367 e. The summed E-state index contributed by atoms with van der Waals surface area (Å²) in [7, 11) is 0. The summed E-state index contributed by atoms with van der Waals surface area (Å²) in [4.78, 5) is 8.49. The van der Waals surface area contributed by atoms with Crippen molar-refractivity contribution >= 4 is 11.6 Å². The van der Waals surface area contributed by atoms with Crippen LogP contribution >= 0.6 is 0 Å². The Kier molecular flexibility index (Phi) is 5.15. The van der Waals surface area contributed by atoms with Gasteiger partial charge >= 0.3 is 6.18 Å². The van der Waals surface area contributed by atoms with Gasteiger partial charge in [-0.25, -0.2) is 15.8 Å². The van der Waals surface area contributed by atoms with E-state index in [4.69, 9.17) is 5.84 Å². The summed E-state index contributed by atoms with van der Waals surface area (Å²) in [5, 5.41) is 2.77. The highest BCUT2D eigenvalue weighted by Gasteiger charge is 2.30. The van der Waals surface area contributed by atoms with E-state index in [0.717, 1.165) is 0 Å². The van der Waals surface area contributed by atoms with Crippen LogP contribution in [0.1, 0.15) is 44.5 Å². The first-order chi connectivity index (χ1) is 9.14. The molecule has 1 aromatic rings. The fraction of sp³-hybridized carbons (Fsp3) is 0.667. The van der Waals surface area contributed by atoms with Crippen LogP contribution in [0.5, 0.6) is 0 Å². The molecule has 0 saturated heterocycles. The lowest BCUT2D eigenvalue weighted by Gasteiger charge is -2.20. The van der Waals surface area contributed by atoms with Crippen LogP contribution in [0.15, 0.2) is 0 Å². The van der Waals surface area contributed by atoms with Crippen molar-refractivity contribution in [1.82, 2.24) is 9.97 Å². The third kappa shape index (κ3) is 4.52. The second-order valence-electron chi connectivity index (χ2n) is 5.07. The van der Waals surface area contributed by atoms with Gasteiger partial charge < -0.3 is 10.7 Å². The quantitative estimate of drug-likeness (QED) is 0.574. The molecule has 0 bridgehead atoms. The average Bonchev–Trinajstić information content (AvgIpc) is 2.28. The van der Waals surface area contributed by atoms with Crippen molar-refractivity contribution in [2.75, 3.05) is 10.7 Å². The van der Waals surface area contributed by atoms with Gasteiger partial charge in [-0.15, -0.1) is 0 Å². The number of halogens is 3. The number of nitrogen functional groups attached to an aromatic ring is 1. The molecular formula is C12H20F3N5. The minimum absolute atomic E-state index is 0.0428. The maximum atomic E-state index is 12.4. The lowest BCUT2D eigenvalue weighted by Crippen LogP contribution is -2.25. The van der Waals surface area contributed by atoms with Gasteiger partial charge in [0.1, 0.15) is 17.5 Å². The Morgan fingerprint density at radius 3 is 2.15 bits per heavy atom. The summed E-state index contributed by atoms with van der Waals surface area (Å²) in [6, 6.07) is -0.783. The number of hydrazine groups is 1. The van der Waals surface area contributed by atoms with Crippen molar-refractivity contribution in [2.24, 2.45) is 5.84 Å². The fourth-order valence-electron chi connectivity index (χ4n) is 1.70. The third-order valence-corrected chi connectivity index (χ3v) is 2.74. The van der Waals surface area contributed by atoms with Crippen LogP contribution in [0.3, 0.4) is 0 Å². The molecule has 0 amide bonds. The van der Waals surface area contributed by atoms with E-state index in [1.54, 1.807) is 6.92 Å². The molecule has 0 aliphatic heterocycles. The van der Waals surface area contributed by atoms with Crippen molar-refractivity contribution in [2.45, 2.75) is 52.3 Å². The molecule has 1 atom stereocenters. The summed E-state index contributed by atoms with van der Waals surface area (Å²) >= 11 is 0. The Morgan fingerprint density at radius 2 is 1.70 bits per heavy atom. The molecule has 0 fully saturated rings. The van der Waals surface area contributed by atoms with Crippen LogP contribution < -0.4 is 16.6 Å². The number of nitrogens with two attached hydrogens (primary N) is 1. The Hall–Kier alpha value is -1.57. The summed E-state index contributed by atoms with van der Waals surface area (Å²) < 4.78 is 37.1. The van der Waals surface area contributed by atoms with Crippen LogP contribution in [0, 0.1) is 6.92 Å². The van der Waals surface area contributed by atoms with Gasteiger partial charge in [0, 0.05) is 17.5 Å². The van der Waals surface area contributed by atoms with Gasteiger partial charge in [0.25, 0.3) is 0 Å². The van der Waals surface area contributed by atoms with E-state index in [2.05, 4.69) is 20.7 Å². The average molecular weight is 291 g/mol. The van der Waals surface area contributed by atoms with Gasteiger partial charge in [-0.3, -0.25) is 0 Å².